The molecule has 2 rings (SSSR count). The summed E-state index contributed by atoms with van der Waals surface area (Å²) in [7, 11) is 0. The van der Waals surface area contributed by atoms with Crippen LogP contribution in [0.3, 0.4) is 0 Å². The van der Waals surface area contributed by atoms with E-state index in [2.05, 4.69) is 11.9 Å². The van der Waals surface area contributed by atoms with Crippen molar-refractivity contribution in [1.29, 1.82) is 0 Å². The largest absolute Gasteiger partial charge is 0.465 e. The minimum atomic E-state index is -0.922. The monoisotopic (exact) mass is 473 g/mol. The third kappa shape index (κ3) is 8.33. The van der Waals surface area contributed by atoms with Gasteiger partial charge < -0.3 is 24.3 Å². The van der Waals surface area contributed by atoms with Gasteiger partial charge in [-0.25, -0.2) is 4.79 Å². The fourth-order valence-electron chi connectivity index (χ4n) is 3.47. The Labute approximate surface area is 201 Å². The first kappa shape index (κ1) is 27.1. The second-order valence-corrected chi connectivity index (χ2v) is 8.89. The van der Waals surface area contributed by atoms with Crippen molar-refractivity contribution in [2.45, 2.75) is 51.9 Å². The maximum absolute atomic E-state index is 13.1. The Kier molecular flexibility index (Phi) is 10.3. The molecule has 1 aromatic carbocycles. The fraction of sp³-hybridized carbons (Fsp3) is 0.500. The molecular formula is C26H35NO7. The number of ether oxygens (including phenoxy) is 4. The quantitative estimate of drug-likeness (QED) is 0.238. The number of amides is 1. The summed E-state index contributed by atoms with van der Waals surface area (Å²) < 4.78 is 21.9. The molecule has 34 heavy (non-hydrogen) atoms. The summed E-state index contributed by atoms with van der Waals surface area (Å²) >= 11 is 0. The molecule has 8 nitrogen and oxygen atoms in total. The van der Waals surface area contributed by atoms with E-state index in [9.17, 15) is 14.4 Å². The van der Waals surface area contributed by atoms with Gasteiger partial charge in [0.1, 0.15) is 24.0 Å². The lowest BCUT2D eigenvalue weighted by atomic mass is 9.86. The molecule has 1 aromatic rings. The lowest BCUT2D eigenvalue weighted by molar-refractivity contribution is -0.159. The highest BCUT2D eigenvalue weighted by Gasteiger charge is 2.51. The molecule has 186 valence electrons. The van der Waals surface area contributed by atoms with E-state index in [0.29, 0.717) is 6.42 Å². The van der Waals surface area contributed by atoms with Gasteiger partial charge in [0.05, 0.1) is 25.4 Å². The van der Waals surface area contributed by atoms with Crippen molar-refractivity contribution >= 4 is 24.1 Å². The molecule has 0 aromatic heterocycles. The zero-order chi connectivity index (χ0) is 25.1. The zero-order valence-electron chi connectivity index (χ0n) is 20.3. The van der Waals surface area contributed by atoms with Crippen LogP contribution in [0, 0.1) is 11.8 Å². The minimum absolute atomic E-state index is 0.0641. The lowest BCUT2D eigenvalue weighted by Crippen LogP contribution is -2.38. The molecule has 1 amide bonds. The molecule has 8 heteroatoms. The second-order valence-electron chi connectivity index (χ2n) is 8.89. The molecule has 1 saturated heterocycles. The third-order valence-corrected chi connectivity index (χ3v) is 4.93. The first-order valence-electron chi connectivity index (χ1n) is 11.5. The standard InChI is InChI=1S/C26H35NO7/c1-6-16-31-23(28)21-19(7-2)33-20(14-13-18-11-9-8-10-12-18)22(21)24(29)32-17-15-27-25(30)34-26(3,4)5/h7-14,19-22H,2,6,15-17H2,1,3-5H3,(H,27,30)/t19-,20+,21-,22+/m0/s1. The number of hydrogen-bond acceptors (Lipinski definition) is 7. The summed E-state index contributed by atoms with van der Waals surface area (Å²) in [6, 6.07) is 9.53. The highest BCUT2D eigenvalue weighted by molar-refractivity contribution is 5.84. The minimum Gasteiger partial charge on any atom is -0.465 e. The number of esters is 2. The van der Waals surface area contributed by atoms with Gasteiger partial charge in [-0.15, -0.1) is 6.58 Å². The predicted octanol–water partition coefficient (Wildman–Crippen LogP) is 3.91. The number of alkyl carbamates (subject to hydrolysis) is 1. The van der Waals surface area contributed by atoms with E-state index in [1.807, 2.05) is 43.3 Å². The smallest absolute Gasteiger partial charge is 0.407 e. The van der Waals surface area contributed by atoms with Crippen LogP contribution in [0.1, 0.15) is 39.7 Å². The summed E-state index contributed by atoms with van der Waals surface area (Å²) in [6.07, 6.45) is 3.70. The maximum Gasteiger partial charge on any atom is 0.407 e. The maximum atomic E-state index is 13.1. The van der Waals surface area contributed by atoms with E-state index in [4.69, 9.17) is 18.9 Å². The Hall–Kier alpha value is -3.13. The first-order chi connectivity index (χ1) is 16.2. The number of hydrogen-bond donors (Lipinski definition) is 1. The topological polar surface area (TPSA) is 100 Å². The Balaban J connectivity index is 2.11. The van der Waals surface area contributed by atoms with Crippen LogP contribution >= 0.6 is 0 Å². The van der Waals surface area contributed by atoms with Crippen molar-refractivity contribution < 1.29 is 33.3 Å². The molecule has 1 N–H and O–H groups in total. The molecule has 0 saturated carbocycles. The Bertz CT molecular complexity index is 860. The van der Waals surface area contributed by atoms with Gasteiger partial charge in [0, 0.05) is 0 Å². The van der Waals surface area contributed by atoms with Gasteiger partial charge in [0.2, 0.25) is 0 Å². The fourth-order valence-corrected chi connectivity index (χ4v) is 3.47. The average Bonchev–Trinajstić information content (AvgIpc) is 3.17. The summed E-state index contributed by atoms with van der Waals surface area (Å²) in [5, 5.41) is 2.53. The average molecular weight is 474 g/mol. The van der Waals surface area contributed by atoms with Crippen molar-refractivity contribution in [3.05, 3.63) is 54.6 Å². The van der Waals surface area contributed by atoms with Crippen molar-refractivity contribution in [2.75, 3.05) is 19.8 Å². The Morgan fingerprint density at radius 1 is 1.03 bits per heavy atom. The van der Waals surface area contributed by atoms with Crippen molar-refractivity contribution in [2.24, 2.45) is 11.8 Å². The molecule has 0 unspecified atom stereocenters. The highest BCUT2D eigenvalue weighted by Crippen LogP contribution is 2.36. The van der Waals surface area contributed by atoms with E-state index in [1.165, 1.54) is 6.08 Å². The lowest BCUT2D eigenvalue weighted by Gasteiger charge is -2.21. The van der Waals surface area contributed by atoms with Crippen molar-refractivity contribution in [3.8, 4) is 0 Å². The molecule has 0 aliphatic carbocycles. The SMILES string of the molecule is C=C[C@@H]1O[C@H](C=Cc2ccccc2)[C@@H](C(=O)OCCNC(=O)OC(C)(C)C)[C@H]1C(=O)OCCC. The van der Waals surface area contributed by atoms with Gasteiger partial charge in [-0.1, -0.05) is 55.5 Å². The molecule has 0 bridgehead atoms. The number of rotatable bonds is 10. The normalized spacial score (nSPS) is 22.2. The van der Waals surface area contributed by atoms with Crippen LogP contribution in [-0.4, -0.2) is 55.6 Å². The van der Waals surface area contributed by atoms with E-state index in [1.54, 1.807) is 26.8 Å². The number of carbonyl (C=O) groups is 3. The molecular weight excluding hydrogens is 438 g/mol. The first-order valence-corrected chi connectivity index (χ1v) is 11.5. The van der Waals surface area contributed by atoms with Gasteiger partial charge in [-0.2, -0.15) is 0 Å². The van der Waals surface area contributed by atoms with Crippen LogP contribution in [-0.2, 0) is 28.5 Å². The molecule has 1 aliphatic heterocycles. The van der Waals surface area contributed by atoms with E-state index in [-0.39, 0.29) is 19.8 Å². The van der Waals surface area contributed by atoms with E-state index in [0.717, 1.165) is 5.56 Å². The van der Waals surface area contributed by atoms with Gasteiger partial charge in [-0.05, 0) is 32.8 Å². The van der Waals surface area contributed by atoms with Gasteiger partial charge in [0.25, 0.3) is 0 Å². The van der Waals surface area contributed by atoms with Crippen LogP contribution in [0.2, 0.25) is 0 Å². The van der Waals surface area contributed by atoms with Crippen LogP contribution in [0.25, 0.3) is 6.08 Å². The summed E-state index contributed by atoms with van der Waals surface area (Å²) in [5.41, 5.74) is 0.290. The van der Waals surface area contributed by atoms with E-state index < -0.39 is 47.7 Å². The zero-order valence-corrected chi connectivity index (χ0v) is 20.3. The molecule has 0 spiro atoms. The summed E-state index contributed by atoms with van der Waals surface area (Å²) in [4.78, 5) is 37.7. The van der Waals surface area contributed by atoms with Crippen LogP contribution in [0.5, 0.6) is 0 Å². The van der Waals surface area contributed by atoms with Crippen LogP contribution in [0.15, 0.2) is 49.1 Å². The number of carbonyl (C=O) groups excluding carboxylic acids is 3. The van der Waals surface area contributed by atoms with Gasteiger partial charge in [-0.3, -0.25) is 9.59 Å². The summed E-state index contributed by atoms with van der Waals surface area (Å²) in [6.45, 7) is 11.1. The molecule has 1 heterocycles. The molecule has 1 aliphatic rings. The highest BCUT2D eigenvalue weighted by atomic mass is 16.6. The number of nitrogens with one attached hydrogen (secondary N) is 1. The second kappa shape index (κ2) is 12.9. The Morgan fingerprint density at radius 3 is 2.24 bits per heavy atom. The molecule has 4 atom stereocenters. The van der Waals surface area contributed by atoms with Crippen LogP contribution in [0.4, 0.5) is 4.79 Å². The molecule has 0 radical (unpaired) electrons. The van der Waals surface area contributed by atoms with Gasteiger partial charge >= 0.3 is 18.0 Å². The van der Waals surface area contributed by atoms with Crippen LogP contribution < -0.4 is 5.32 Å². The van der Waals surface area contributed by atoms with Gasteiger partial charge in [0.15, 0.2) is 0 Å². The van der Waals surface area contributed by atoms with Crippen molar-refractivity contribution in [3.63, 3.8) is 0 Å². The van der Waals surface area contributed by atoms with E-state index >= 15 is 0 Å². The van der Waals surface area contributed by atoms with Crippen molar-refractivity contribution in [1.82, 2.24) is 5.32 Å². The Morgan fingerprint density at radius 2 is 1.65 bits per heavy atom. The number of benzene rings is 1. The summed E-state index contributed by atoms with van der Waals surface area (Å²) in [5.74, 6) is -2.96. The third-order valence-electron chi connectivity index (χ3n) is 4.93. The molecule has 1 fully saturated rings. The predicted molar refractivity (Wildman–Crippen MR) is 128 cm³/mol.